The molecule has 16 heavy (non-hydrogen) atoms. The summed E-state index contributed by atoms with van der Waals surface area (Å²) in [6, 6.07) is 0. The van der Waals surface area contributed by atoms with E-state index in [1.165, 1.54) is 0 Å². The fraction of sp³-hybridized carbons (Fsp3) is 0.900. The van der Waals surface area contributed by atoms with E-state index in [1.54, 1.807) is 21.3 Å². The molecule has 0 aromatic carbocycles. The Balaban J connectivity index is 3.44. The van der Waals surface area contributed by atoms with Crippen molar-refractivity contribution in [1.29, 1.82) is 0 Å². The molecule has 0 heterocycles. The second kappa shape index (κ2) is 10.8. The van der Waals surface area contributed by atoms with Gasteiger partial charge in [-0.15, -0.1) is 0 Å². The highest BCUT2D eigenvalue weighted by atomic mass is 16.5. The first-order chi connectivity index (χ1) is 7.74. The minimum atomic E-state index is -0.0516. The van der Waals surface area contributed by atoms with Gasteiger partial charge in [-0.05, 0) is 0 Å². The Morgan fingerprint density at radius 1 is 1.25 bits per heavy atom. The summed E-state index contributed by atoms with van der Waals surface area (Å²) in [7, 11) is 4.83. The molecule has 1 amide bonds. The predicted octanol–water partition coefficient (Wildman–Crippen LogP) is -1.000. The molecular weight excluding hydrogens is 212 g/mol. The lowest BCUT2D eigenvalue weighted by atomic mass is 10.3. The molecule has 0 saturated carbocycles. The predicted molar refractivity (Wildman–Crippen MR) is 60.4 cm³/mol. The molecule has 0 saturated heterocycles. The Labute approximate surface area is 96.6 Å². The third kappa shape index (κ3) is 8.60. The second-order valence-corrected chi connectivity index (χ2v) is 3.29. The number of methoxy groups -OCH3 is 3. The van der Waals surface area contributed by atoms with Crippen LogP contribution in [-0.4, -0.2) is 66.2 Å². The summed E-state index contributed by atoms with van der Waals surface area (Å²) in [5.41, 5.74) is 0. The average molecular weight is 234 g/mol. The van der Waals surface area contributed by atoms with Crippen molar-refractivity contribution in [3.05, 3.63) is 0 Å². The molecule has 0 bridgehead atoms. The fourth-order valence-electron chi connectivity index (χ4n) is 1.10. The van der Waals surface area contributed by atoms with Gasteiger partial charge in [-0.3, -0.25) is 4.79 Å². The monoisotopic (exact) mass is 234 g/mol. The van der Waals surface area contributed by atoms with Crippen LogP contribution in [0.3, 0.4) is 0 Å². The normalized spacial score (nSPS) is 12.4. The van der Waals surface area contributed by atoms with Gasteiger partial charge in [0.1, 0.15) is 0 Å². The van der Waals surface area contributed by atoms with E-state index >= 15 is 0 Å². The van der Waals surface area contributed by atoms with Crippen molar-refractivity contribution in [3.8, 4) is 0 Å². The molecule has 0 fully saturated rings. The number of carbonyl (C=O) groups excluding carboxylic acids is 1. The number of carbonyl (C=O) groups is 1. The van der Waals surface area contributed by atoms with Crippen molar-refractivity contribution in [2.45, 2.75) is 6.10 Å². The van der Waals surface area contributed by atoms with Crippen LogP contribution in [0, 0.1) is 0 Å². The zero-order chi connectivity index (χ0) is 12.2. The van der Waals surface area contributed by atoms with Gasteiger partial charge in [0.05, 0.1) is 25.9 Å². The summed E-state index contributed by atoms with van der Waals surface area (Å²) < 4.78 is 14.9. The van der Waals surface area contributed by atoms with E-state index in [0.29, 0.717) is 26.3 Å². The number of amides is 1. The Kier molecular flexibility index (Phi) is 10.3. The Hall–Kier alpha value is -0.690. The van der Waals surface area contributed by atoms with Crippen molar-refractivity contribution in [3.63, 3.8) is 0 Å². The third-order valence-corrected chi connectivity index (χ3v) is 1.97. The number of nitrogens with one attached hydrogen (secondary N) is 2. The molecule has 0 aromatic rings. The lowest BCUT2D eigenvalue weighted by Crippen LogP contribution is -2.39. The van der Waals surface area contributed by atoms with Crippen molar-refractivity contribution >= 4 is 5.91 Å². The molecule has 0 aliphatic carbocycles. The molecule has 1 atom stereocenters. The van der Waals surface area contributed by atoms with E-state index in [9.17, 15) is 4.79 Å². The van der Waals surface area contributed by atoms with E-state index in [0.717, 1.165) is 0 Å². The summed E-state index contributed by atoms with van der Waals surface area (Å²) in [4.78, 5) is 11.2. The van der Waals surface area contributed by atoms with Crippen LogP contribution in [0.1, 0.15) is 0 Å². The van der Waals surface area contributed by atoms with Gasteiger partial charge in [0.2, 0.25) is 5.91 Å². The standard InChI is InChI=1S/C10H22N2O4/c1-14-5-4-12-10(13)7-11-6-9(16-3)8-15-2/h9,11H,4-8H2,1-3H3,(H,12,13). The summed E-state index contributed by atoms with van der Waals surface area (Å²) in [6.07, 6.45) is -0.0308. The molecule has 0 aromatic heterocycles. The maximum atomic E-state index is 11.2. The highest BCUT2D eigenvalue weighted by Gasteiger charge is 2.07. The quantitative estimate of drug-likeness (QED) is 0.475. The highest BCUT2D eigenvalue weighted by molar-refractivity contribution is 5.77. The molecule has 6 nitrogen and oxygen atoms in total. The molecule has 2 N–H and O–H groups in total. The number of hydrogen-bond acceptors (Lipinski definition) is 5. The first kappa shape index (κ1) is 15.3. The molecule has 1 unspecified atom stereocenters. The van der Waals surface area contributed by atoms with E-state index < -0.39 is 0 Å². The lowest BCUT2D eigenvalue weighted by Gasteiger charge is -2.14. The zero-order valence-electron chi connectivity index (χ0n) is 10.2. The van der Waals surface area contributed by atoms with Gasteiger partial charge in [0.25, 0.3) is 0 Å². The zero-order valence-corrected chi connectivity index (χ0v) is 10.2. The van der Waals surface area contributed by atoms with Crippen molar-refractivity contribution in [2.24, 2.45) is 0 Å². The molecule has 0 radical (unpaired) electrons. The van der Waals surface area contributed by atoms with Gasteiger partial charge >= 0.3 is 0 Å². The van der Waals surface area contributed by atoms with Crippen molar-refractivity contribution in [1.82, 2.24) is 10.6 Å². The van der Waals surface area contributed by atoms with Crippen LogP contribution in [0.4, 0.5) is 0 Å². The van der Waals surface area contributed by atoms with Gasteiger partial charge in [-0.1, -0.05) is 0 Å². The molecular formula is C10H22N2O4. The van der Waals surface area contributed by atoms with Gasteiger partial charge in [-0.25, -0.2) is 0 Å². The largest absolute Gasteiger partial charge is 0.383 e. The molecule has 0 rings (SSSR count). The van der Waals surface area contributed by atoms with Crippen LogP contribution in [0.15, 0.2) is 0 Å². The summed E-state index contributed by atoms with van der Waals surface area (Å²) >= 11 is 0. The molecule has 6 heteroatoms. The van der Waals surface area contributed by atoms with Gasteiger partial charge in [0.15, 0.2) is 0 Å². The highest BCUT2D eigenvalue weighted by Crippen LogP contribution is 1.87. The second-order valence-electron chi connectivity index (χ2n) is 3.29. The van der Waals surface area contributed by atoms with E-state index in [-0.39, 0.29) is 18.6 Å². The molecule has 96 valence electrons. The fourth-order valence-corrected chi connectivity index (χ4v) is 1.10. The smallest absolute Gasteiger partial charge is 0.234 e. The maximum absolute atomic E-state index is 11.2. The molecule has 0 aliphatic rings. The topological polar surface area (TPSA) is 68.8 Å². The summed E-state index contributed by atoms with van der Waals surface area (Å²) in [6.45, 7) is 2.42. The third-order valence-electron chi connectivity index (χ3n) is 1.97. The van der Waals surface area contributed by atoms with Crippen LogP contribution in [0.25, 0.3) is 0 Å². The van der Waals surface area contributed by atoms with Gasteiger partial charge < -0.3 is 24.8 Å². The Morgan fingerprint density at radius 2 is 2.00 bits per heavy atom. The lowest BCUT2D eigenvalue weighted by molar-refractivity contribution is -0.120. The van der Waals surface area contributed by atoms with Crippen LogP contribution < -0.4 is 10.6 Å². The molecule has 0 spiro atoms. The number of hydrogen-bond donors (Lipinski definition) is 2. The Morgan fingerprint density at radius 3 is 2.56 bits per heavy atom. The van der Waals surface area contributed by atoms with Crippen LogP contribution in [0.5, 0.6) is 0 Å². The van der Waals surface area contributed by atoms with E-state index in [4.69, 9.17) is 14.2 Å². The first-order valence-electron chi connectivity index (χ1n) is 5.22. The minimum absolute atomic E-state index is 0.0308. The van der Waals surface area contributed by atoms with E-state index in [1.807, 2.05) is 0 Å². The van der Waals surface area contributed by atoms with Gasteiger partial charge in [0, 0.05) is 34.4 Å². The average Bonchev–Trinajstić information content (AvgIpc) is 2.28. The first-order valence-corrected chi connectivity index (χ1v) is 5.22. The SMILES string of the molecule is COCCNC(=O)CNCC(COC)OC. The molecule has 0 aliphatic heterocycles. The van der Waals surface area contributed by atoms with Crippen molar-refractivity contribution < 1.29 is 19.0 Å². The van der Waals surface area contributed by atoms with Crippen LogP contribution in [0.2, 0.25) is 0 Å². The number of ether oxygens (including phenoxy) is 3. The maximum Gasteiger partial charge on any atom is 0.234 e. The summed E-state index contributed by atoms with van der Waals surface area (Å²) in [5, 5.41) is 5.70. The van der Waals surface area contributed by atoms with Crippen LogP contribution in [-0.2, 0) is 19.0 Å². The Bertz CT molecular complexity index is 178. The van der Waals surface area contributed by atoms with Crippen LogP contribution >= 0.6 is 0 Å². The summed E-state index contributed by atoms with van der Waals surface area (Å²) in [5.74, 6) is -0.0516. The van der Waals surface area contributed by atoms with E-state index in [2.05, 4.69) is 10.6 Å². The number of rotatable bonds is 10. The van der Waals surface area contributed by atoms with Crippen molar-refractivity contribution in [2.75, 3.05) is 54.2 Å². The van der Waals surface area contributed by atoms with Gasteiger partial charge in [-0.2, -0.15) is 0 Å². The minimum Gasteiger partial charge on any atom is -0.383 e.